The summed E-state index contributed by atoms with van der Waals surface area (Å²) in [4.78, 5) is 4.08. The zero-order chi connectivity index (χ0) is 13.3. The van der Waals surface area contributed by atoms with Gasteiger partial charge in [-0.2, -0.15) is 4.98 Å². The minimum atomic E-state index is -3.32. The molecule has 1 unspecified atom stereocenters. The highest BCUT2D eigenvalue weighted by Gasteiger charge is 2.38. The van der Waals surface area contributed by atoms with Crippen molar-refractivity contribution in [3.05, 3.63) is 11.7 Å². The van der Waals surface area contributed by atoms with Crippen LogP contribution >= 0.6 is 11.6 Å². The molecule has 1 aromatic heterocycles. The van der Waals surface area contributed by atoms with Crippen LogP contribution < -0.4 is 0 Å². The third kappa shape index (κ3) is 2.98. The molecule has 98 valence electrons. The molecular formula is C10H17ClN2O3S. The summed E-state index contributed by atoms with van der Waals surface area (Å²) >= 11 is 6.05. The van der Waals surface area contributed by atoms with Crippen molar-refractivity contribution in [2.24, 2.45) is 0 Å². The van der Waals surface area contributed by atoms with Crippen LogP contribution in [-0.2, 0) is 14.6 Å². The van der Waals surface area contributed by atoms with E-state index in [9.17, 15) is 8.42 Å². The number of alkyl halides is 1. The molecule has 1 atom stereocenters. The number of aromatic nitrogens is 2. The van der Waals surface area contributed by atoms with E-state index < -0.39 is 14.6 Å². The van der Waals surface area contributed by atoms with Crippen molar-refractivity contribution in [3.8, 4) is 0 Å². The SMILES string of the molecule is CCCC(Cl)c1noc(C(C)(C)S(C)(=O)=O)n1. The minimum Gasteiger partial charge on any atom is -0.338 e. The zero-order valence-electron chi connectivity index (χ0n) is 10.4. The van der Waals surface area contributed by atoms with Crippen molar-refractivity contribution in [2.45, 2.75) is 43.7 Å². The predicted molar refractivity (Wildman–Crippen MR) is 65.7 cm³/mol. The minimum absolute atomic E-state index is 0.0803. The van der Waals surface area contributed by atoms with Crippen LogP contribution in [0, 0.1) is 0 Å². The molecule has 0 spiro atoms. The molecule has 5 nitrogen and oxygen atoms in total. The molecule has 0 aromatic carbocycles. The first kappa shape index (κ1) is 14.4. The second-order valence-electron chi connectivity index (χ2n) is 4.50. The summed E-state index contributed by atoms with van der Waals surface area (Å²) in [5, 5.41) is 3.39. The molecule has 0 fully saturated rings. The van der Waals surface area contributed by atoms with Crippen LogP contribution in [0.25, 0.3) is 0 Å². The smallest absolute Gasteiger partial charge is 0.247 e. The zero-order valence-corrected chi connectivity index (χ0v) is 12.0. The fraction of sp³-hybridized carbons (Fsp3) is 0.800. The van der Waals surface area contributed by atoms with E-state index in [4.69, 9.17) is 16.1 Å². The van der Waals surface area contributed by atoms with Crippen LogP contribution in [0.4, 0.5) is 0 Å². The van der Waals surface area contributed by atoms with Gasteiger partial charge in [-0.15, -0.1) is 11.6 Å². The van der Waals surface area contributed by atoms with Crippen LogP contribution in [0.3, 0.4) is 0 Å². The maximum atomic E-state index is 11.6. The van der Waals surface area contributed by atoms with E-state index in [1.165, 1.54) is 13.8 Å². The molecule has 7 heteroatoms. The lowest BCUT2D eigenvalue weighted by molar-refractivity contribution is 0.343. The van der Waals surface area contributed by atoms with Gasteiger partial charge >= 0.3 is 0 Å². The lowest BCUT2D eigenvalue weighted by Crippen LogP contribution is -2.28. The third-order valence-electron chi connectivity index (χ3n) is 2.71. The Hall–Kier alpha value is -0.620. The number of rotatable bonds is 5. The Morgan fingerprint density at radius 2 is 2.06 bits per heavy atom. The quantitative estimate of drug-likeness (QED) is 0.775. The molecule has 0 saturated heterocycles. The summed E-state index contributed by atoms with van der Waals surface area (Å²) < 4.78 is 27.0. The summed E-state index contributed by atoms with van der Waals surface area (Å²) in [5.41, 5.74) is 0. The molecule has 0 aliphatic heterocycles. The van der Waals surface area contributed by atoms with Gasteiger partial charge in [0, 0.05) is 6.26 Å². The van der Waals surface area contributed by atoms with E-state index >= 15 is 0 Å². The number of sulfone groups is 1. The molecule has 1 aromatic rings. The average molecular weight is 281 g/mol. The molecule has 1 heterocycles. The van der Waals surface area contributed by atoms with Crippen molar-refractivity contribution in [1.82, 2.24) is 10.1 Å². The molecule has 0 saturated carbocycles. The summed E-state index contributed by atoms with van der Waals surface area (Å²) in [6.07, 6.45) is 2.76. The van der Waals surface area contributed by atoms with Crippen LogP contribution in [0.1, 0.15) is 50.7 Å². The van der Waals surface area contributed by atoms with Gasteiger partial charge in [-0.25, -0.2) is 8.42 Å². The van der Waals surface area contributed by atoms with Gasteiger partial charge in [-0.1, -0.05) is 18.5 Å². The first-order valence-corrected chi connectivity index (χ1v) is 7.70. The van der Waals surface area contributed by atoms with Gasteiger partial charge in [0.1, 0.15) is 4.75 Å². The van der Waals surface area contributed by atoms with Gasteiger partial charge in [0.05, 0.1) is 5.38 Å². The molecule has 0 N–H and O–H groups in total. The molecule has 1 rings (SSSR count). The summed E-state index contributed by atoms with van der Waals surface area (Å²) in [6.45, 7) is 5.06. The number of hydrogen-bond acceptors (Lipinski definition) is 5. The molecule has 0 aliphatic rings. The molecular weight excluding hydrogens is 264 g/mol. The average Bonchev–Trinajstić information content (AvgIpc) is 2.65. The van der Waals surface area contributed by atoms with Crippen molar-refractivity contribution < 1.29 is 12.9 Å². The van der Waals surface area contributed by atoms with Gasteiger partial charge < -0.3 is 4.52 Å². The van der Waals surface area contributed by atoms with Crippen molar-refractivity contribution >= 4 is 21.4 Å². The van der Waals surface area contributed by atoms with Crippen LogP contribution in [-0.4, -0.2) is 24.8 Å². The van der Waals surface area contributed by atoms with Gasteiger partial charge in [0.15, 0.2) is 15.7 Å². The van der Waals surface area contributed by atoms with E-state index in [-0.39, 0.29) is 11.3 Å². The predicted octanol–water partition coefficient (Wildman–Crippen LogP) is 2.43. The Morgan fingerprint density at radius 3 is 2.53 bits per heavy atom. The first-order chi connectivity index (χ1) is 7.70. The molecule has 0 bridgehead atoms. The highest BCUT2D eigenvalue weighted by atomic mass is 35.5. The second-order valence-corrected chi connectivity index (χ2v) is 7.59. The normalized spacial score (nSPS) is 14.9. The van der Waals surface area contributed by atoms with Crippen LogP contribution in [0.15, 0.2) is 4.52 Å². The Kier molecular flexibility index (Phi) is 4.19. The monoisotopic (exact) mass is 280 g/mol. The van der Waals surface area contributed by atoms with E-state index in [1.807, 2.05) is 6.92 Å². The van der Waals surface area contributed by atoms with Gasteiger partial charge in [-0.3, -0.25) is 0 Å². The third-order valence-corrected chi connectivity index (χ3v) is 5.15. The van der Waals surface area contributed by atoms with Crippen molar-refractivity contribution in [1.29, 1.82) is 0 Å². The molecule has 0 amide bonds. The maximum absolute atomic E-state index is 11.6. The van der Waals surface area contributed by atoms with Gasteiger partial charge in [0.25, 0.3) is 0 Å². The summed E-state index contributed by atoms with van der Waals surface area (Å²) in [7, 11) is -3.32. The maximum Gasteiger partial charge on any atom is 0.247 e. The van der Waals surface area contributed by atoms with Gasteiger partial charge in [-0.05, 0) is 20.3 Å². The van der Waals surface area contributed by atoms with E-state index in [2.05, 4.69) is 10.1 Å². The highest BCUT2D eigenvalue weighted by molar-refractivity contribution is 7.91. The van der Waals surface area contributed by atoms with Crippen molar-refractivity contribution in [2.75, 3.05) is 6.26 Å². The van der Waals surface area contributed by atoms with Crippen LogP contribution in [0.5, 0.6) is 0 Å². The topological polar surface area (TPSA) is 73.1 Å². The Bertz CT molecular complexity index is 481. The van der Waals surface area contributed by atoms with E-state index in [0.29, 0.717) is 5.82 Å². The Morgan fingerprint density at radius 1 is 1.47 bits per heavy atom. The Balaban J connectivity index is 3.03. The molecule has 0 aliphatic carbocycles. The molecule has 17 heavy (non-hydrogen) atoms. The lowest BCUT2D eigenvalue weighted by Gasteiger charge is -2.16. The largest absolute Gasteiger partial charge is 0.338 e. The molecule has 0 radical (unpaired) electrons. The van der Waals surface area contributed by atoms with Crippen LogP contribution in [0.2, 0.25) is 0 Å². The number of halogens is 1. The standard InChI is InChI=1S/C10H17ClN2O3S/c1-5-6-7(11)8-12-9(16-13-8)10(2,3)17(4,14)15/h7H,5-6H2,1-4H3. The highest BCUT2D eigenvalue weighted by Crippen LogP contribution is 2.30. The van der Waals surface area contributed by atoms with E-state index in [0.717, 1.165) is 19.1 Å². The van der Waals surface area contributed by atoms with Crippen molar-refractivity contribution in [3.63, 3.8) is 0 Å². The van der Waals surface area contributed by atoms with E-state index in [1.54, 1.807) is 0 Å². The number of nitrogens with zero attached hydrogens (tertiary/aromatic N) is 2. The summed E-state index contributed by atoms with van der Waals surface area (Å²) in [6, 6.07) is 0. The number of hydrogen-bond donors (Lipinski definition) is 0. The Labute approximate surface area is 106 Å². The second kappa shape index (κ2) is 4.94. The fourth-order valence-corrected chi connectivity index (χ4v) is 1.85. The summed E-state index contributed by atoms with van der Waals surface area (Å²) in [5.74, 6) is 0.428. The first-order valence-electron chi connectivity index (χ1n) is 5.38. The lowest BCUT2D eigenvalue weighted by atomic mass is 10.2. The fourth-order valence-electron chi connectivity index (χ4n) is 1.15. The van der Waals surface area contributed by atoms with Gasteiger partial charge in [0.2, 0.25) is 5.89 Å².